The number of rotatable bonds is 13. The molecule has 0 aliphatic carbocycles. The van der Waals surface area contributed by atoms with Crippen molar-refractivity contribution in [3.63, 3.8) is 0 Å². The van der Waals surface area contributed by atoms with Crippen molar-refractivity contribution >= 4 is 52.4 Å². The van der Waals surface area contributed by atoms with Crippen LogP contribution in [0.1, 0.15) is 58.4 Å². The summed E-state index contributed by atoms with van der Waals surface area (Å²) in [5, 5.41) is 23.3. The summed E-state index contributed by atoms with van der Waals surface area (Å²) >= 11 is 11.6. The number of nitro benzene ring substituents is 1. The van der Waals surface area contributed by atoms with Crippen LogP contribution in [0, 0.1) is 16.0 Å². The van der Waals surface area contributed by atoms with Gasteiger partial charge in [-0.1, -0.05) is 49.3 Å². The second-order valence-electron chi connectivity index (χ2n) is 12.1. The lowest BCUT2D eigenvalue weighted by Crippen LogP contribution is -2.48. The average molecular weight is 781 g/mol. The van der Waals surface area contributed by atoms with E-state index in [4.69, 9.17) is 38.0 Å². The minimum absolute atomic E-state index is 0.0148. The minimum Gasteiger partial charge on any atom is -0.496 e. The van der Waals surface area contributed by atoms with Gasteiger partial charge in [0.25, 0.3) is 5.69 Å². The molecule has 3 aromatic rings. The van der Waals surface area contributed by atoms with E-state index >= 15 is 0 Å². The van der Waals surface area contributed by atoms with Crippen molar-refractivity contribution < 1.29 is 51.8 Å². The Bertz CT molecular complexity index is 1890. The van der Waals surface area contributed by atoms with Crippen molar-refractivity contribution in [3.05, 3.63) is 91.5 Å². The van der Waals surface area contributed by atoms with Crippen LogP contribution in [-0.4, -0.2) is 77.1 Å². The van der Waals surface area contributed by atoms with E-state index < -0.39 is 69.3 Å². The molecule has 13 nitrogen and oxygen atoms in total. The number of hydrogen-bond donors (Lipinski definition) is 2. The molecule has 0 spiro atoms. The number of halogens is 4. The van der Waals surface area contributed by atoms with Crippen molar-refractivity contribution in [1.82, 2.24) is 15.1 Å². The second-order valence-corrected chi connectivity index (χ2v) is 12.9. The monoisotopic (exact) mass is 780 g/mol. The van der Waals surface area contributed by atoms with E-state index in [0.29, 0.717) is 29.2 Å². The normalized spacial score (nSPS) is 15.4. The lowest BCUT2D eigenvalue weighted by atomic mass is 9.96. The number of nitrogens with zero attached hydrogens (tertiary/aromatic N) is 3. The van der Waals surface area contributed by atoms with Crippen molar-refractivity contribution in [2.75, 3.05) is 34.4 Å². The highest BCUT2D eigenvalue weighted by molar-refractivity contribution is 7.80. The topological polar surface area (TPSA) is 161 Å². The van der Waals surface area contributed by atoms with Crippen LogP contribution in [0.25, 0.3) is 0 Å². The number of carboxylic acid groups (broad SMARTS) is 1. The van der Waals surface area contributed by atoms with Gasteiger partial charge in [-0.05, 0) is 42.2 Å². The fraction of sp³-hybridized carbons (Fsp3) is 0.371. The number of imide groups is 1. The van der Waals surface area contributed by atoms with E-state index in [0.717, 1.165) is 29.2 Å². The molecule has 0 unspecified atom stereocenters. The van der Waals surface area contributed by atoms with Gasteiger partial charge in [-0.3, -0.25) is 19.8 Å². The van der Waals surface area contributed by atoms with Gasteiger partial charge in [0.05, 0.1) is 72.4 Å². The maximum atomic E-state index is 14.3. The number of nitrogens with one attached hydrogen (secondary N) is 1. The first-order valence-electron chi connectivity index (χ1n) is 16.1. The van der Waals surface area contributed by atoms with Crippen LogP contribution >= 0.6 is 23.8 Å². The fourth-order valence-corrected chi connectivity index (χ4v) is 6.51. The summed E-state index contributed by atoms with van der Waals surface area (Å²) in [7, 11) is 4.34. The summed E-state index contributed by atoms with van der Waals surface area (Å²) in [6.45, 7) is 1.29. The SMILES string of the molecule is CCC[C@@H](NC(=O)N1CC(=S)N(Cc2c(OC)cc(OC)cc2OC)C[C@@H](Cc2ccc(Cl)c(C(F)(F)F)c2)C1=O)c1ccc(C(=O)O)c([N+](=O)[O-])c1. The molecule has 1 fully saturated rings. The van der Waals surface area contributed by atoms with Crippen molar-refractivity contribution in [2.45, 2.75) is 44.9 Å². The molecule has 2 N–H and O–H groups in total. The predicted molar refractivity (Wildman–Crippen MR) is 191 cm³/mol. The molecule has 1 heterocycles. The van der Waals surface area contributed by atoms with Gasteiger partial charge in [0.1, 0.15) is 22.8 Å². The third-order valence-corrected chi connectivity index (χ3v) is 9.37. The summed E-state index contributed by atoms with van der Waals surface area (Å²) in [4.78, 5) is 53.3. The van der Waals surface area contributed by atoms with E-state index in [9.17, 15) is 42.8 Å². The first-order valence-corrected chi connectivity index (χ1v) is 16.9. The molecular weight excluding hydrogens is 745 g/mol. The first-order chi connectivity index (χ1) is 25.0. The van der Waals surface area contributed by atoms with E-state index in [1.807, 2.05) is 0 Å². The van der Waals surface area contributed by atoms with Crippen LogP contribution in [0.5, 0.6) is 17.2 Å². The summed E-state index contributed by atoms with van der Waals surface area (Å²) in [5.74, 6) is -2.20. The lowest BCUT2D eigenvalue weighted by molar-refractivity contribution is -0.385. The number of ether oxygens (including phenoxy) is 3. The Labute approximate surface area is 312 Å². The van der Waals surface area contributed by atoms with Gasteiger partial charge < -0.3 is 29.5 Å². The van der Waals surface area contributed by atoms with E-state index in [2.05, 4.69) is 5.32 Å². The summed E-state index contributed by atoms with van der Waals surface area (Å²) in [6, 6.07) is 8.19. The number of alkyl halides is 3. The van der Waals surface area contributed by atoms with Gasteiger partial charge in [0.2, 0.25) is 5.91 Å². The van der Waals surface area contributed by atoms with Crippen LogP contribution in [-0.2, 0) is 23.9 Å². The maximum absolute atomic E-state index is 14.3. The van der Waals surface area contributed by atoms with E-state index in [1.54, 1.807) is 24.0 Å². The van der Waals surface area contributed by atoms with E-state index in [1.165, 1.54) is 33.5 Å². The quantitative estimate of drug-likeness (QED) is 0.104. The number of hydrogen-bond acceptors (Lipinski definition) is 9. The van der Waals surface area contributed by atoms with Gasteiger partial charge in [0.15, 0.2) is 0 Å². The molecule has 18 heteroatoms. The fourth-order valence-electron chi connectivity index (χ4n) is 6.02. The Hall–Kier alpha value is -5.16. The zero-order valence-electron chi connectivity index (χ0n) is 29.0. The molecular formula is C35H36ClF3N4O9S. The molecule has 0 bridgehead atoms. The van der Waals surface area contributed by atoms with Gasteiger partial charge in [-0.2, -0.15) is 13.2 Å². The van der Waals surface area contributed by atoms with E-state index in [-0.39, 0.29) is 42.0 Å². The standard InChI is InChI=1S/C35H36ClF3N4O9S/c1-5-6-27(20-8-9-23(33(45)46)28(13-20)43(48)49)40-34(47)42-18-31(53)41(17-24-29(51-3)14-22(50-2)15-30(24)52-4)16-21(32(42)44)11-19-7-10-26(36)25(12-19)35(37,38)39/h7-10,12-15,21,27H,5-6,11,16-18H2,1-4H3,(H,40,47)(H,45,46)/t21-,27-/m1/s1. The third kappa shape index (κ3) is 9.45. The van der Waals surface area contributed by atoms with Crippen LogP contribution in [0.15, 0.2) is 48.5 Å². The molecule has 3 amide bonds. The molecule has 3 aromatic carbocycles. The van der Waals surface area contributed by atoms with Gasteiger partial charge in [-0.25, -0.2) is 9.59 Å². The van der Waals surface area contributed by atoms with Crippen molar-refractivity contribution in [1.29, 1.82) is 0 Å². The van der Waals surface area contributed by atoms with Crippen LogP contribution < -0.4 is 19.5 Å². The number of thiocarbonyl (C=S) groups is 1. The number of benzene rings is 3. The first kappa shape index (κ1) is 40.6. The number of methoxy groups -OCH3 is 3. The number of carbonyl (C=O) groups is 3. The lowest BCUT2D eigenvalue weighted by Gasteiger charge is -2.27. The highest BCUT2D eigenvalue weighted by Gasteiger charge is 2.39. The smallest absolute Gasteiger partial charge is 0.417 e. The Morgan fingerprint density at radius 1 is 1.09 bits per heavy atom. The minimum atomic E-state index is -4.77. The molecule has 2 atom stereocenters. The molecule has 1 aliphatic heterocycles. The van der Waals surface area contributed by atoms with Crippen LogP contribution in [0.2, 0.25) is 5.02 Å². The molecule has 0 aromatic heterocycles. The highest BCUT2D eigenvalue weighted by Crippen LogP contribution is 2.38. The zero-order chi connectivity index (χ0) is 39.2. The third-order valence-electron chi connectivity index (χ3n) is 8.66. The largest absolute Gasteiger partial charge is 0.496 e. The Morgan fingerprint density at radius 3 is 2.30 bits per heavy atom. The van der Waals surface area contributed by atoms with Crippen LogP contribution in [0.3, 0.4) is 0 Å². The molecule has 53 heavy (non-hydrogen) atoms. The number of urea groups is 1. The Morgan fingerprint density at radius 2 is 1.75 bits per heavy atom. The molecule has 1 saturated heterocycles. The number of aromatic carboxylic acids is 1. The summed E-state index contributed by atoms with van der Waals surface area (Å²) < 4.78 is 57.9. The van der Waals surface area contributed by atoms with Crippen LogP contribution in [0.4, 0.5) is 23.7 Å². The predicted octanol–water partition coefficient (Wildman–Crippen LogP) is 7.07. The molecule has 4 rings (SSSR count). The van der Waals surface area contributed by atoms with Gasteiger partial charge in [0, 0.05) is 24.7 Å². The number of carboxylic acids is 1. The molecule has 284 valence electrons. The number of amides is 3. The Kier molecular flexibility index (Phi) is 13.1. The Balaban J connectivity index is 1.75. The number of nitro groups is 1. The van der Waals surface area contributed by atoms with Crippen molar-refractivity contribution in [3.8, 4) is 17.2 Å². The zero-order valence-corrected chi connectivity index (χ0v) is 30.6. The summed E-state index contributed by atoms with van der Waals surface area (Å²) in [5.41, 5.74) is -1.45. The summed E-state index contributed by atoms with van der Waals surface area (Å²) in [6.07, 6.45) is -4.28. The highest BCUT2D eigenvalue weighted by atomic mass is 35.5. The van der Waals surface area contributed by atoms with Gasteiger partial charge in [-0.15, -0.1) is 0 Å². The molecule has 0 radical (unpaired) electrons. The number of carbonyl (C=O) groups excluding carboxylic acids is 2. The second kappa shape index (κ2) is 17.1. The van der Waals surface area contributed by atoms with Crippen molar-refractivity contribution in [2.24, 2.45) is 5.92 Å². The average Bonchev–Trinajstić information content (AvgIpc) is 3.23. The maximum Gasteiger partial charge on any atom is 0.417 e. The van der Waals surface area contributed by atoms with Gasteiger partial charge >= 0.3 is 18.2 Å². The molecule has 1 aliphatic rings. The molecule has 0 saturated carbocycles.